The standard InChI is InChI=1S/C12H13Cl2N3O.ClH/c13-9-2-1-3-10(11(9)14)17-7-8-6-15-4-5-16(8)12(17)18;/h1-3,8,15H,4-7H2;1H. The molecule has 19 heavy (non-hydrogen) atoms. The van der Waals surface area contributed by atoms with Gasteiger partial charge in [-0.2, -0.15) is 0 Å². The van der Waals surface area contributed by atoms with E-state index < -0.39 is 0 Å². The molecule has 2 saturated heterocycles. The van der Waals surface area contributed by atoms with Crippen LogP contribution >= 0.6 is 35.6 Å². The van der Waals surface area contributed by atoms with Gasteiger partial charge in [0.2, 0.25) is 0 Å². The predicted octanol–water partition coefficient (Wildman–Crippen LogP) is 2.63. The zero-order valence-electron chi connectivity index (χ0n) is 10.1. The molecule has 7 heteroatoms. The largest absolute Gasteiger partial charge is 0.325 e. The van der Waals surface area contributed by atoms with E-state index >= 15 is 0 Å². The van der Waals surface area contributed by atoms with Crippen molar-refractivity contribution in [3.05, 3.63) is 28.2 Å². The van der Waals surface area contributed by atoms with Crippen molar-refractivity contribution in [2.75, 3.05) is 31.1 Å². The normalized spacial score (nSPS) is 22.2. The molecule has 2 aliphatic heterocycles. The summed E-state index contributed by atoms with van der Waals surface area (Å²) >= 11 is 12.2. The number of hydrogen-bond acceptors (Lipinski definition) is 2. The van der Waals surface area contributed by atoms with Crippen LogP contribution < -0.4 is 10.2 Å². The summed E-state index contributed by atoms with van der Waals surface area (Å²) in [4.78, 5) is 15.9. The van der Waals surface area contributed by atoms with Gasteiger partial charge < -0.3 is 10.2 Å². The number of amides is 2. The quantitative estimate of drug-likeness (QED) is 0.863. The summed E-state index contributed by atoms with van der Waals surface area (Å²) in [6.07, 6.45) is 0. The summed E-state index contributed by atoms with van der Waals surface area (Å²) in [6.45, 7) is 3.09. The Morgan fingerprint density at radius 1 is 1.32 bits per heavy atom. The van der Waals surface area contributed by atoms with Crippen LogP contribution in [0.3, 0.4) is 0 Å². The molecule has 104 valence electrons. The Morgan fingerprint density at radius 2 is 2.11 bits per heavy atom. The third-order valence-electron chi connectivity index (χ3n) is 3.44. The molecule has 2 fully saturated rings. The van der Waals surface area contributed by atoms with E-state index in [2.05, 4.69) is 5.32 Å². The molecule has 0 saturated carbocycles. The van der Waals surface area contributed by atoms with Gasteiger partial charge in [0.15, 0.2) is 0 Å². The Balaban J connectivity index is 0.00000133. The van der Waals surface area contributed by atoms with Gasteiger partial charge in [-0.1, -0.05) is 29.3 Å². The number of piperazine rings is 1. The number of hydrogen-bond donors (Lipinski definition) is 1. The molecule has 0 radical (unpaired) electrons. The highest BCUT2D eigenvalue weighted by atomic mass is 35.5. The van der Waals surface area contributed by atoms with Crippen LogP contribution in [0.5, 0.6) is 0 Å². The number of nitrogens with zero attached hydrogens (tertiary/aromatic N) is 2. The fourth-order valence-electron chi connectivity index (χ4n) is 2.52. The number of carbonyl (C=O) groups is 1. The van der Waals surface area contributed by atoms with E-state index in [0.29, 0.717) is 22.3 Å². The van der Waals surface area contributed by atoms with Crippen LogP contribution in [-0.4, -0.2) is 43.2 Å². The molecule has 2 heterocycles. The Labute approximate surface area is 128 Å². The van der Waals surface area contributed by atoms with Gasteiger partial charge in [0.1, 0.15) is 0 Å². The lowest BCUT2D eigenvalue weighted by Gasteiger charge is -2.28. The summed E-state index contributed by atoms with van der Waals surface area (Å²) in [6, 6.07) is 5.61. The molecule has 1 aromatic carbocycles. The summed E-state index contributed by atoms with van der Waals surface area (Å²) in [5, 5.41) is 4.22. The van der Waals surface area contributed by atoms with E-state index in [9.17, 15) is 4.79 Å². The Kier molecular flexibility index (Phi) is 4.46. The molecule has 0 bridgehead atoms. The monoisotopic (exact) mass is 321 g/mol. The number of carbonyl (C=O) groups excluding carboxylic acids is 1. The minimum Gasteiger partial charge on any atom is -0.317 e. The van der Waals surface area contributed by atoms with E-state index in [0.717, 1.165) is 19.6 Å². The van der Waals surface area contributed by atoms with Crippen molar-refractivity contribution in [3.8, 4) is 0 Å². The summed E-state index contributed by atoms with van der Waals surface area (Å²) in [5.41, 5.74) is 0.698. The molecule has 1 aromatic rings. The maximum absolute atomic E-state index is 12.3. The maximum atomic E-state index is 12.3. The summed E-state index contributed by atoms with van der Waals surface area (Å²) in [5.74, 6) is 0. The second kappa shape index (κ2) is 5.75. The molecule has 4 nitrogen and oxygen atoms in total. The van der Waals surface area contributed by atoms with Crippen LogP contribution in [0.15, 0.2) is 18.2 Å². The first-order chi connectivity index (χ1) is 8.68. The van der Waals surface area contributed by atoms with Crippen molar-refractivity contribution in [2.45, 2.75) is 6.04 Å². The van der Waals surface area contributed by atoms with Gasteiger partial charge in [0.05, 0.1) is 21.8 Å². The number of halogens is 3. The minimum atomic E-state index is 0. The maximum Gasteiger partial charge on any atom is 0.325 e. The van der Waals surface area contributed by atoms with E-state index in [1.165, 1.54) is 0 Å². The first-order valence-electron chi connectivity index (χ1n) is 5.91. The molecule has 0 aliphatic carbocycles. The number of rotatable bonds is 1. The first kappa shape index (κ1) is 14.7. The Bertz CT molecular complexity index is 497. The Hall–Kier alpha value is -0.680. The number of fused-ring (bicyclic) bond motifs is 1. The molecular weight excluding hydrogens is 309 g/mol. The molecule has 0 aromatic heterocycles. The second-order valence-corrected chi connectivity index (χ2v) is 5.30. The molecule has 1 atom stereocenters. The lowest BCUT2D eigenvalue weighted by atomic mass is 10.2. The Morgan fingerprint density at radius 3 is 2.84 bits per heavy atom. The van der Waals surface area contributed by atoms with Crippen molar-refractivity contribution < 1.29 is 4.79 Å². The van der Waals surface area contributed by atoms with Gasteiger partial charge in [-0.3, -0.25) is 4.90 Å². The summed E-state index contributed by atoms with van der Waals surface area (Å²) in [7, 11) is 0. The van der Waals surface area contributed by atoms with E-state index in [-0.39, 0.29) is 24.5 Å². The molecule has 1 N–H and O–H groups in total. The van der Waals surface area contributed by atoms with Crippen molar-refractivity contribution in [2.24, 2.45) is 0 Å². The average Bonchev–Trinajstić information content (AvgIpc) is 2.71. The number of benzene rings is 1. The highest BCUT2D eigenvalue weighted by molar-refractivity contribution is 6.44. The number of anilines is 1. The van der Waals surface area contributed by atoms with E-state index in [4.69, 9.17) is 23.2 Å². The van der Waals surface area contributed by atoms with Gasteiger partial charge >= 0.3 is 6.03 Å². The minimum absolute atomic E-state index is 0. The fraction of sp³-hybridized carbons (Fsp3) is 0.417. The van der Waals surface area contributed by atoms with Crippen LogP contribution in [0.4, 0.5) is 10.5 Å². The molecule has 2 amide bonds. The third-order valence-corrected chi connectivity index (χ3v) is 4.25. The topological polar surface area (TPSA) is 35.6 Å². The fourth-order valence-corrected chi connectivity index (χ4v) is 2.92. The second-order valence-electron chi connectivity index (χ2n) is 4.52. The average molecular weight is 323 g/mol. The molecule has 3 rings (SSSR count). The van der Waals surface area contributed by atoms with Crippen LogP contribution in [0.25, 0.3) is 0 Å². The van der Waals surface area contributed by atoms with Crippen LogP contribution in [0.2, 0.25) is 10.0 Å². The highest BCUT2D eigenvalue weighted by Gasteiger charge is 2.39. The molecule has 1 unspecified atom stereocenters. The van der Waals surface area contributed by atoms with Crippen LogP contribution in [-0.2, 0) is 0 Å². The first-order valence-corrected chi connectivity index (χ1v) is 6.67. The third kappa shape index (κ3) is 2.50. The van der Waals surface area contributed by atoms with Crippen molar-refractivity contribution in [3.63, 3.8) is 0 Å². The van der Waals surface area contributed by atoms with E-state index in [1.807, 2.05) is 17.0 Å². The van der Waals surface area contributed by atoms with Gasteiger partial charge in [-0.05, 0) is 12.1 Å². The van der Waals surface area contributed by atoms with Crippen LogP contribution in [0, 0.1) is 0 Å². The number of nitrogens with one attached hydrogen (secondary N) is 1. The van der Waals surface area contributed by atoms with Crippen LogP contribution in [0.1, 0.15) is 0 Å². The smallest absolute Gasteiger partial charge is 0.317 e. The number of urea groups is 1. The van der Waals surface area contributed by atoms with E-state index in [1.54, 1.807) is 11.0 Å². The zero-order chi connectivity index (χ0) is 12.7. The lowest BCUT2D eigenvalue weighted by molar-refractivity contribution is 0.193. The SMILES string of the molecule is Cl.O=C1N(c2cccc(Cl)c2Cl)CC2CNCCN12. The van der Waals surface area contributed by atoms with Crippen molar-refractivity contribution >= 4 is 47.3 Å². The summed E-state index contributed by atoms with van der Waals surface area (Å²) < 4.78 is 0. The lowest BCUT2D eigenvalue weighted by Crippen LogP contribution is -2.49. The predicted molar refractivity (Wildman–Crippen MR) is 79.8 cm³/mol. The van der Waals surface area contributed by atoms with Gasteiger partial charge in [-0.25, -0.2) is 4.79 Å². The van der Waals surface area contributed by atoms with Gasteiger partial charge in [0, 0.05) is 26.2 Å². The van der Waals surface area contributed by atoms with Crippen molar-refractivity contribution in [1.82, 2.24) is 10.2 Å². The zero-order valence-corrected chi connectivity index (χ0v) is 12.4. The molecule has 2 aliphatic rings. The molecule has 0 spiro atoms. The van der Waals surface area contributed by atoms with Crippen molar-refractivity contribution in [1.29, 1.82) is 0 Å². The van der Waals surface area contributed by atoms with Gasteiger partial charge in [-0.15, -0.1) is 12.4 Å². The highest BCUT2D eigenvalue weighted by Crippen LogP contribution is 2.35. The molecular formula is C12H14Cl3N3O. The van der Waals surface area contributed by atoms with Gasteiger partial charge in [0.25, 0.3) is 0 Å².